The Labute approximate surface area is 125 Å². The molecule has 0 saturated carbocycles. The van der Waals surface area contributed by atoms with Gasteiger partial charge in [-0.3, -0.25) is 4.79 Å². The summed E-state index contributed by atoms with van der Waals surface area (Å²) in [5.41, 5.74) is 0.124. The van der Waals surface area contributed by atoms with Crippen molar-refractivity contribution in [3.05, 3.63) is 28.2 Å². The van der Waals surface area contributed by atoms with Crippen LogP contribution in [0.4, 0.5) is 14.5 Å². The van der Waals surface area contributed by atoms with E-state index >= 15 is 0 Å². The van der Waals surface area contributed by atoms with Crippen LogP contribution in [0.25, 0.3) is 0 Å². The van der Waals surface area contributed by atoms with Crippen molar-refractivity contribution >= 4 is 27.5 Å². The number of nitrogens with zero attached hydrogens (tertiary/aromatic N) is 1. The summed E-state index contributed by atoms with van der Waals surface area (Å²) >= 11 is 3.14. The summed E-state index contributed by atoms with van der Waals surface area (Å²) in [5.74, 6) is -1.54. The molecule has 1 fully saturated rings. The first-order chi connectivity index (χ1) is 9.54. The van der Waals surface area contributed by atoms with Crippen molar-refractivity contribution in [2.24, 2.45) is 0 Å². The first-order valence-corrected chi connectivity index (χ1v) is 7.53. The number of amides is 1. The highest BCUT2D eigenvalue weighted by molar-refractivity contribution is 9.10. The first kappa shape index (κ1) is 15.4. The number of halogens is 3. The highest BCUT2D eigenvalue weighted by Crippen LogP contribution is 2.32. The molecule has 1 aliphatic heterocycles. The van der Waals surface area contributed by atoms with Gasteiger partial charge in [-0.2, -0.15) is 0 Å². The molecule has 20 heavy (non-hydrogen) atoms. The minimum atomic E-state index is -0.721. The number of rotatable bonds is 4. The number of benzene rings is 1. The minimum Gasteiger partial charge on any atom is -0.307 e. The molecule has 0 spiro atoms. The fraction of sp³-hybridized carbons (Fsp3) is 0.500. The normalized spacial score (nSPS) is 19.5. The van der Waals surface area contributed by atoms with Crippen LogP contribution in [-0.4, -0.2) is 25.0 Å². The number of hydrogen-bond donors (Lipinski definition) is 1. The first-order valence-electron chi connectivity index (χ1n) is 6.74. The molecule has 1 saturated heterocycles. The maximum absolute atomic E-state index is 14.0. The van der Waals surface area contributed by atoms with Crippen LogP contribution in [0.5, 0.6) is 0 Å². The molecular formula is C14H17BrF2N2O. The molecule has 1 atom stereocenters. The highest BCUT2D eigenvalue weighted by Gasteiger charge is 2.31. The van der Waals surface area contributed by atoms with Gasteiger partial charge in [-0.25, -0.2) is 8.78 Å². The summed E-state index contributed by atoms with van der Waals surface area (Å²) in [5, 5.41) is 3.17. The lowest BCUT2D eigenvalue weighted by atomic mass is 10.0. The molecule has 110 valence electrons. The van der Waals surface area contributed by atoms with Crippen molar-refractivity contribution in [2.75, 3.05) is 18.0 Å². The molecule has 2 rings (SSSR count). The van der Waals surface area contributed by atoms with Gasteiger partial charge in [0, 0.05) is 17.1 Å². The second kappa shape index (κ2) is 6.63. The van der Waals surface area contributed by atoms with Crippen molar-refractivity contribution < 1.29 is 13.6 Å². The van der Waals surface area contributed by atoms with Crippen LogP contribution >= 0.6 is 15.9 Å². The molecule has 1 heterocycles. The van der Waals surface area contributed by atoms with Gasteiger partial charge in [0.1, 0.15) is 5.82 Å². The monoisotopic (exact) mass is 346 g/mol. The summed E-state index contributed by atoms with van der Waals surface area (Å²) < 4.78 is 27.4. The predicted octanol–water partition coefficient (Wildman–Crippen LogP) is 3.22. The SMILES string of the molecule is CCCNC1CCCN(c2c(F)cc(F)cc2Br)C1=O. The number of carbonyl (C=O) groups is 1. The van der Waals surface area contributed by atoms with E-state index in [-0.39, 0.29) is 22.1 Å². The van der Waals surface area contributed by atoms with Gasteiger partial charge >= 0.3 is 0 Å². The number of piperidine rings is 1. The maximum Gasteiger partial charge on any atom is 0.244 e. The molecule has 1 aromatic rings. The lowest BCUT2D eigenvalue weighted by molar-refractivity contribution is -0.121. The molecule has 0 aliphatic carbocycles. The molecule has 1 N–H and O–H groups in total. The Kier molecular flexibility index (Phi) is 5.10. The molecule has 6 heteroatoms. The molecule has 3 nitrogen and oxygen atoms in total. The van der Waals surface area contributed by atoms with E-state index in [1.165, 1.54) is 11.0 Å². The van der Waals surface area contributed by atoms with Crippen LogP contribution in [0, 0.1) is 11.6 Å². The largest absolute Gasteiger partial charge is 0.307 e. The van der Waals surface area contributed by atoms with Gasteiger partial charge in [0.2, 0.25) is 5.91 Å². The Morgan fingerprint density at radius 3 is 2.85 bits per heavy atom. The lowest BCUT2D eigenvalue weighted by Gasteiger charge is -2.33. The Balaban J connectivity index is 2.26. The van der Waals surface area contributed by atoms with Crippen molar-refractivity contribution in [2.45, 2.75) is 32.2 Å². The predicted molar refractivity (Wildman–Crippen MR) is 77.7 cm³/mol. The van der Waals surface area contributed by atoms with Crippen molar-refractivity contribution in [3.8, 4) is 0 Å². The molecule has 1 aromatic carbocycles. The third kappa shape index (κ3) is 3.17. The summed E-state index contributed by atoms with van der Waals surface area (Å²) in [4.78, 5) is 13.8. The van der Waals surface area contributed by atoms with Gasteiger partial charge in [-0.05, 0) is 47.8 Å². The second-order valence-electron chi connectivity index (χ2n) is 4.86. The Morgan fingerprint density at radius 2 is 2.20 bits per heavy atom. The highest BCUT2D eigenvalue weighted by atomic mass is 79.9. The van der Waals surface area contributed by atoms with Crippen LogP contribution in [0.1, 0.15) is 26.2 Å². The summed E-state index contributed by atoms with van der Waals surface area (Å²) in [6.07, 6.45) is 2.46. The maximum atomic E-state index is 14.0. The zero-order valence-electron chi connectivity index (χ0n) is 11.3. The van der Waals surface area contributed by atoms with Crippen LogP contribution in [0.2, 0.25) is 0 Å². The summed E-state index contributed by atoms with van der Waals surface area (Å²) in [6.45, 7) is 3.22. The van der Waals surface area contributed by atoms with Crippen LogP contribution in [-0.2, 0) is 4.79 Å². The fourth-order valence-corrected chi connectivity index (χ4v) is 3.02. The number of anilines is 1. The van der Waals surface area contributed by atoms with Gasteiger partial charge in [0.15, 0.2) is 5.82 Å². The third-order valence-corrected chi connectivity index (χ3v) is 3.94. The van der Waals surface area contributed by atoms with Crippen LogP contribution < -0.4 is 10.2 Å². The second-order valence-corrected chi connectivity index (χ2v) is 5.71. The number of hydrogen-bond acceptors (Lipinski definition) is 2. The average Bonchev–Trinajstić information content (AvgIpc) is 2.38. The third-order valence-electron chi connectivity index (χ3n) is 3.33. The molecule has 1 amide bonds. The van der Waals surface area contributed by atoms with E-state index in [0.29, 0.717) is 6.54 Å². The van der Waals surface area contributed by atoms with Crippen LogP contribution in [0.15, 0.2) is 16.6 Å². The number of carbonyl (C=O) groups excluding carboxylic acids is 1. The van der Waals surface area contributed by atoms with Gasteiger partial charge in [0.25, 0.3) is 0 Å². The topological polar surface area (TPSA) is 32.3 Å². The van der Waals surface area contributed by atoms with E-state index in [2.05, 4.69) is 21.2 Å². The Hall–Kier alpha value is -1.01. The molecule has 0 aromatic heterocycles. The molecular weight excluding hydrogens is 330 g/mol. The molecule has 0 radical (unpaired) electrons. The van der Waals surface area contributed by atoms with Crippen molar-refractivity contribution in [1.82, 2.24) is 5.32 Å². The summed E-state index contributed by atoms with van der Waals surface area (Å²) in [7, 11) is 0. The average molecular weight is 347 g/mol. The Morgan fingerprint density at radius 1 is 1.45 bits per heavy atom. The Bertz CT molecular complexity index is 487. The minimum absolute atomic E-state index is 0.124. The van der Waals surface area contributed by atoms with E-state index in [1.807, 2.05) is 6.92 Å². The quantitative estimate of drug-likeness (QED) is 0.907. The van der Waals surface area contributed by atoms with Gasteiger partial charge < -0.3 is 10.2 Å². The van der Waals surface area contributed by atoms with Crippen molar-refractivity contribution in [3.63, 3.8) is 0 Å². The van der Waals surface area contributed by atoms with Gasteiger partial charge in [0.05, 0.1) is 11.7 Å². The van der Waals surface area contributed by atoms with E-state index in [4.69, 9.17) is 0 Å². The standard InChI is InChI=1S/C14H17BrF2N2O/c1-2-5-18-12-4-3-6-19(14(12)20)13-10(15)7-9(16)8-11(13)17/h7-8,12,18H,2-6H2,1H3. The molecule has 0 bridgehead atoms. The van der Waals surface area contributed by atoms with E-state index in [0.717, 1.165) is 31.9 Å². The van der Waals surface area contributed by atoms with Gasteiger partial charge in [-0.15, -0.1) is 0 Å². The smallest absolute Gasteiger partial charge is 0.244 e. The zero-order chi connectivity index (χ0) is 14.7. The van der Waals surface area contributed by atoms with Gasteiger partial charge in [-0.1, -0.05) is 6.92 Å². The summed E-state index contributed by atoms with van der Waals surface area (Å²) in [6, 6.07) is 1.69. The molecule has 1 unspecified atom stereocenters. The van der Waals surface area contributed by atoms with E-state index in [9.17, 15) is 13.6 Å². The lowest BCUT2D eigenvalue weighted by Crippen LogP contribution is -2.51. The van der Waals surface area contributed by atoms with Crippen LogP contribution in [0.3, 0.4) is 0 Å². The zero-order valence-corrected chi connectivity index (χ0v) is 12.8. The van der Waals surface area contributed by atoms with Crippen molar-refractivity contribution in [1.29, 1.82) is 0 Å². The fourth-order valence-electron chi connectivity index (χ4n) is 2.40. The number of nitrogens with one attached hydrogen (secondary N) is 1. The van der Waals surface area contributed by atoms with E-state index < -0.39 is 11.6 Å². The van der Waals surface area contributed by atoms with E-state index in [1.54, 1.807) is 0 Å². The molecule has 1 aliphatic rings.